The summed E-state index contributed by atoms with van der Waals surface area (Å²) in [6, 6.07) is 13.5. The van der Waals surface area contributed by atoms with Crippen LogP contribution in [0.25, 0.3) is 0 Å². The first-order valence-electron chi connectivity index (χ1n) is 8.61. The topological polar surface area (TPSA) is 95.9 Å². The number of aromatic hydroxyl groups is 1. The lowest BCUT2D eigenvalue weighted by molar-refractivity contribution is -0.137. The Balaban J connectivity index is 1.85. The van der Waals surface area contributed by atoms with Gasteiger partial charge in [-0.25, -0.2) is 0 Å². The minimum atomic E-state index is -0.768. The van der Waals surface area contributed by atoms with E-state index in [4.69, 9.17) is 9.84 Å². The maximum atomic E-state index is 12.3. The van der Waals surface area contributed by atoms with Gasteiger partial charge in [0.1, 0.15) is 11.5 Å². The zero-order valence-corrected chi connectivity index (χ0v) is 14.5. The highest BCUT2D eigenvalue weighted by Gasteiger charge is 2.12. The molecule has 0 radical (unpaired) electrons. The lowest BCUT2D eigenvalue weighted by Crippen LogP contribution is -2.13. The molecule has 1 amide bonds. The summed E-state index contributed by atoms with van der Waals surface area (Å²) in [5, 5.41) is 21.1. The summed E-state index contributed by atoms with van der Waals surface area (Å²) in [6.07, 6.45) is 3.41. The number of carboxylic acid groups (broad SMARTS) is 1. The number of amides is 1. The number of phenols is 1. The molecule has 0 bridgehead atoms. The number of unbranched alkanes of at least 4 members (excludes halogenated alkanes) is 3. The summed E-state index contributed by atoms with van der Waals surface area (Å²) in [7, 11) is 0. The molecule has 0 saturated heterocycles. The van der Waals surface area contributed by atoms with Gasteiger partial charge in [0.25, 0.3) is 5.91 Å². The number of aliphatic carboxylic acids is 1. The molecule has 0 unspecified atom stereocenters. The number of carboxylic acids is 1. The highest BCUT2D eigenvalue weighted by atomic mass is 16.5. The van der Waals surface area contributed by atoms with E-state index in [1.165, 1.54) is 6.07 Å². The molecule has 0 aliphatic carbocycles. The molecular weight excluding hydrogens is 334 g/mol. The van der Waals surface area contributed by atoms with Gasteiger partial charge in [0.15, 0.2) is 0 Å². The van der Waals surface area contributed by atoms with E-state index in [1.54, 1.807) is 36.4 Å². The van der Waals surface area contributed by atoms with E-state index in [1.807, 2.05) is 6.07 Å². The highest BCUT2D eigenvalue weighted by molar-refractivity contribution is 6.06. The number of hydrogen-bond donors (Lipinski definition) is 3. The summed E-state index contributed by atoms with van der Waals surface area (Å²) in [4.78, 5) is 22.8. The molecule has 0 heterocycles. The Morgan fingerprint density at radius 2 is 1.62 bits per heavy atom. The Morgan fingerprint density at radius 1 is 0.923 bits per heavy atom. The maximum Gasteiger partial charge on any atom is 0.303 e. The number of nitrogens with one attached hydrogen (secondary N) is 1. The van der Waals surface area contributed by atoms with Crippen LogP contribution in [0.1, 0.15) is 42.5 Å². The smallest absolute Gasteiger partial charge is 0.303 e. The first kappa shape index (κ1) is 19.3. The molecule has 0 atom stereocenters. The van der Waals surface area contributed by atoms with Crippen LogP contribution in [0.4, 0.5) is 5.69 Å². The average Bonchev–Trinajstić information content (AvgIpc) is 2.62. The summed E-state index contributed by atoms with van der Waals surface area (Å²) in [6.45, 7) is 0.483. The summed E-state index contributed by atoms with van der Waals surface area (Å²) < 4.78 is 5.74. The number of benzene rings is 2. The number of anilines is 1. The SMILES string of the molecule is O=C(O)CCCCCCOc1ccccc1NC(=O)c1ccccc1O. The van der Waals surface area contributed by atoms with E-state index in [9.17, 15) is 14.7 Å². The molecule has 2 rings (SSSR count). The van der Waals surface area contributed by atoms with Gasteiger partial charge < -0.3 is 20.3 Å². The van der Waals surface area contributed by atoms with Gasteiger partial charge in [0.05, 0.1) is 17.9 Å². The molecule has 26 heavy (non-hydrogen) atoms. The molecule has 0 aliphatic rings. The van der Waals surface area contributed by atoms with Gasteiger partial charge in [-0.3, -0.25) is 9.59 Å². The van der Waals surface area contributed by atoms with Crippen LogP contribution in [0.5, 0.6) is 11.5 Å². The van der Waals surface area contributed by atoms with E-state index in [-0.39, 0.29) is 17.7 Å². The van der Waals surface area contributed by atoms with Gasteiger partial charge in [-0.15, -0.1) is 0 Å². The van der Waals surface area contributed by atoms with Crippen molar-refractivity contribution < 1.29 is 24.5 Å². The Kier molecular flexibility index (Phi) is 7.49. The van der Waals surface area contributed by atoms with Crippen LogP contribution in [-0.2, 0) is 4.79 Å². The van der Waals surface area contributed by atoms with Gasteiger partial charge >= 0.3 is 5.97 Å². The minimum Gasteiger partial charge on any atom is -0.507 e. The van der Waals surface area contributed by atoms with Crippen molar-refractivity contribution >= 4 is 17.6 Å². The van der Waals surface area contributed by atoms with Crippen molar-refractivity contribution in [2.75, 3.05) is 11.9 Å². The predicted molar refractivity (Wildman–Crippen MR) is 98.7 cm³/mol. The van der Waals surface area contributed by atoms with Crippen LogP contribution >= 0.6 is 0 Å². The molecule has 6 nitrogen and oxygen atoms in total. The van der Waals surface area contributed by atoms with Crippen molar-refractivity contribution in [3.05, 3.63) is 54.1 Å². The quantitative estimate of drug-likeness (QED) is 0.557. The molecule has 3 N–H and O–H groups in total. The van der Waals surface area contributed by atoms with Gasteiger partial charge in [0, 0.05) is 6.42 Å². The fraction of sp³-hybridized carbons (Fsp3) is 0.300. The second-order valence-electron chi connectivity index (χ2n) is 5.87. The van der Waals surface area contributed by atoms with Crippen LogP contribution in [0.2, 0.25) is 0 Å². The first-order valence-corrected chi connectivity index (χ1v) is 8.61. The third-order valence-electron chi connectivity index (χ3n) is 3.83. The van der Waals surface area contributed by atoms with Crippen molar-refractivity contribution in [2.24, 2.45) is 0 Å². The van der Waals surface area contributed by atoms with Crippen LogP contribution in [0, 0.1) is 0 Å². The number of carbonyl (C=O) groups excluding carboxylic acids is 1. The van der Waals surface area contributed by atoms with Gasteiger partial charge in [-0.1, -0.05) is 37.1 Å². The van der Waals surface area contributed by atoms with Gasteiger partial charge in [-0.2, -0.15) is 0 Å². The number of para-hydroxylation sites is 3. The molecule has 0 saturated carbocycles. The third kappa shape index (κ3) is 6.12. The second kappa shape index (κ2) is 10.1. The van der Waals surface area contributed by atoms with E-state index in [0.717, 1.165) is 19.3 Å². The zero-order valence-electron chi connectivity index (χ0n) is 14.5. The van der Waals surface area contributed by atoms with Crippen molar-refractivity contribution in [2.45, 2.75) is 32.1 Å². The predicted octanol–water partition coefficient (Wildman–Crippen LogP) is 4.06. The van der Waals surface area contributed by atoms with Crippen LogP contribution in [0.3, 0.4) is 0 Å². The Bertz CT molecular complexity index is 744. The van der Waals surface area contributed by atoms with E-state index < -0.39 is 11.9 Å². The van der Waals surface area contributed by atoms with Gasteiger partial charge in [0.2, 0.25) is 0 Å². The number of rotatable bonds is 10. The standard InChI is InChI=1S/C20H23NO5/c22-17-11-6-4-9-15(17)20(25)21-16-10-5-7-12-18(16)26-14-8-2-1-3-13-19(23)24/h4-7,9-12,22H,1-3,8,13-14H2,(H,21,25)(H,23,24). The van der Waals surface area contributed by atoms with Crippen molar-refractivity contribution in [3.8, 4) is 11.5 Å². The average molecular weight is 357 g/mol. The molecule has 2 aromatic carbocycles. The maximum absolute atomic E-state index is 12.3. The summed E-state index contributed by atoms with van der Waals surface area (Å²) in [5.74, 6) is -0.699. The van der Waals surface area contributed by atoms with E-state index >= 15 is 0 Å². The van der Waals surface area contributed by atoms with Crippen molar-refractivity contribution in [1.29, 1.82) is 0 Å². The van der Waals surface area contributed by atoms with Crippen molar-refractivity contribution in [1.82, 2.24) is 0 Å². The molecule has 0 aromatic heterocycles. The Morgan fingerprint density at radius 3 is 2.38 bits per heavy atom. The molecular formula is C20H23NO5. The molecule has 0 spiro atoms. The number of hydrogen-bond acceptors (Lipinski definition) is 4. The highest BCUT2D eigenvalue weighted by Crippen LogP contribution is 2.26. The monoisotopic (exact) mass is 357 g/mol. The van der Waals surface area contributed by atoms with Crippen LogP contribution < -0.4 is 10.1 Å². The summed E-state index contributed by atoms with van der Waals surface area (Å²) in [5.41, 5.74) is 0.729. The lowest BCUT2D eigenvalue weighted by Gasteiger charge is -2.13. The third-order valence-corrected chi connectivity index (χ3v) is 3.83. The van der Waals surface area contributed by atoms with E-state index in [2.05, 4.69) is 5.32 Å². The zero-order chi connectivity index (χ0) is 18.8. The molecule has 0 fully saturated rings. The Labute approximate surface area is 152 Å². The summed E-state index contributed by atoms with van der Waals surface area (Å²) >= 11 is 0. The normalized spacial score (nSPS) is 10.3. The largest absolute Gasteiger partial charge is 0.507 e. The molecule has 6 heteroatoms. The number of carbonyl (C=O) groups is 2. The lowest BCUT2D eigenvalue weighted by atomic mass is 10.1. The second-order valence-corrected chi connectivity index (χ2v) is 5.87. The molecule has 138 valence electrons. The fourth-order valence-corrected chi connectivity index (χ4v) is 2.47. The van der Waals surface area contributed by atoms with Crippen molar-refractivity contribution in [3.63, 3.8) is 0 Å². The molecule has 2 aromatic rings. The number of phenolic OH excluding ortho intramolecular Hbond substituents is 1. The minimum absolute atomic E-state index is 0.0789. The van der Waals surface area contributed by atoms with E-state index in [0.29, 0.717) is 24.5 Å². The van der Waals surface area contributed by atoms with Gasteiger partial charge in [-0.05, 0) is 37.1 Å². The first-order chi connectivity index (χ1) is 12.6. The molecule has 0 aliphatic heterocycles. The van der Waals surface area contributed by atoms with Crippen LogP contribution in [-0.4, -0.2) is 28.7 Å². The Hall–Kier alpha value is -3.02. The fourth-order valence-electron chi connectivity index (χ4n) is 2.47. The number of ether oxygens (including phenoxy) is 1. The van der Waals surface area contributed by atoms with Crippen LogP contribution in [0.15, 0.2) is 48.5 Å².